The van der Waals surface area contributed by atoms with Crippen LogP contribution in [-0.4, -0.2) is 68.7 Å². The van der Waals surface area contributed by atoms with Crippen LogP contribution in [-0.2, 0) is 23.9 Å². The standard InChI is InChI=1S/C22H29N3O7/c1-30-17-6-4-16(5-7-17)23-21(29)24-18(26)15-32-20(28)22(8-2-3-9-22)14-19(27)25-10-12-31-13-11-25/h4-7H,2-3,8-15H2,1H3,(H2,23,24,26,29). The number of urea groups is 1. The highest BCUT2D eigenvalue weighted by Gasteiger charge is 2.45. The van der Waals surface area contributed by atoms with E-state index in [1.165, 1.54) is 7.11 Å². The summed E-state index contributed by atoms with van der Waals surface area (Å²) in [4.78, 5) is 51.3. The number of benzene rings is 1. The number of carbonyl (C=O) groups excluding carboxylic acids is 4. The van der Waals surface area contributed by atoms with E-state index in [9.17, 15) is 19.2 Å². The molecule has 0 atom stereocenters. The number of amides is 4. The van der Waals surface area contributed by atoms with E-state index in [1.54, 1.807) is 29.2 Å². The quantitative estimate of drug-likeness (QED) is 0.610. The molecule has 0 radical (unpaired) electrons. The Kier molecular flexibility index (Phi) is 8.04. The van der Waals surface area contributed by atoms with Gasteiger partial charge in [-0.2, -0.15) is 0 Å². The molecule has 1 aromatic rings. The number of nitrogens with one attached hydrogen (secondary N) is 2. The van der Waals surface area contributed by atoms with Gasteiger partial charge in [0.1, 0.15) is 5.75 Å². The summed E-state index contributed by atoms with van der Waals surface area (Å²) in [6, 6.07) is 5.84. The first-order valence-corrected chi connectivity index (χ1v) is 10.7. The number of hydrogen-bond donors (Lipinski definition) is 2. The molecule has 10 nitrogen and oxygen atoms in total. The maximum atomic E-state index is 12.8. The lowest BCUT2D eigenvalue weighted by Gasteiger charge is -2.31. The number of rotatable bonds is 7. The zero-order valence-corrected chi connectivity index (χ0v) is 18.2. The number of nitrogens with zero attached hydrogens (tertiary/aromatic N) is 1. The lowest BCUT2D eigenvalue weighted by molar-refractivity contribution is -0.162. The Labute approximate surface area is 186 Å². The molecule has 0 unspecified atom stereocenters. The summed E-state index contributed by atoms with van der Waals surface area (Å²) in [6.45, 7) is 1.40. The van der Waals surface area contributed by atoms with Crippen LogP contribution >= 0.6 is 0 Å². The fraction of sp³-hybridized carbons (Fsp3) is 0.545. The van der Waals surface area contributed by atoms with Gasteiger partial charge < -0.3 is 24.4 Å². The second-order valence-electron chi connectivity index (χ2n) is 7.96. The monoisotopic (exact) mass is 447 g/mol. The summed E-state index contributed by atoms with van der Waals surface area (Å²) in [5, 5.41) is 4.63. The maximum absolute atomic E-state index is 12.8. The van der Waals surface area contributed by atoms with Gasteiger partial charge in [0, 0.05) is 25.2 Å². The minimum atomic E-state index is -0.916. The van der Waals surface area contributed by atoms with Crippen molar-refractivity contribution >= 4 is 29.5 Å². The predicted octanol–water partition coefficient (Wildman–Crippen LogP) is 1.70. The molecule has 2 N–H and O–H groups in total. The number of morpholine rings is 1. The van der Waals surface area contributed by atoms with Gasteiger partial charge in [0.05, 0.1) is 25.7 Å². The number of methoxy groups -OCH3 is 1. The van der Waals surface area contributed by atoms with Crippen LogP contribution in [0.25, 0.3) is 0 Å². The van der Waals surface area contributed by atoms with E-state index in [0.29, 0.717) is 50.6 Å². The molecule has 1 aromatic carbocycles. The first kappa shape index (κ1) is 23.5. The third-order valence-electron chi connectivity index (χ3n) is 5.78. The number of imide groups is 1. The van der Waals surface area contributed by atoms with Crippen LogP contribution in [0.15, 0.2) is 24.3 Å². The van der Waals surface area contributed by atoms with Crippen molar-refractivity contribution in [3.8, 4) is 5.75 Å². The van der Waals surface area contributed by atoms with Gasteiger partial charge in [-0.25, -0.2) is 4.79 Å². The van der Waals surface area contributed by atoms with Crippen LogP contribution < -0.4 is 15.4 Å². The van der Waals surface area contributed by atoms with E-state index in [2.05, 4.69) is 10.6 Å². The first-order chi connectivity index (χ1) is 15.4. The van der Waals surface area contributed by atoms with E-state index in [0.717, 1.165) is 12.8 Å². The van der Waals surface area contributed by atoms with Crippen LogP contribution in [0, 0.1) is 5.41 Å². The number of carbonyl (C=O) groups is 4. The van der Waals surface area contributed by atoms with Crippen molar-refractivity contribution in [1.29, 1.82) is 0 Å². The van der Waals surface area contributed by atoms with E-state index < -0.39 is 29.9 Å². The summed E-state index contributed by atoms with van der Waals surface area (Å²) >= 11 is 0. The van der Waals surface area contributed by atoms with Gasteiger partial charge in [0.2, 0.25) is 5.91 Å². The third-order valence-corrected chi connectivity index (χ3v) is 5.78. The molecule has 0 bridgehead atoms. The van der Waals surface area contributed by atoms with Gasteiger partial charge in [0.15, 0.2) is 6.61 Å². The van der Waals surface area contributed by atoms with Gasteiger partial charge in [-0.05, 0) is 37.1 Å². The van der Waals surface area contributed by atoms with Gasteiger partial charge in [-0.3, -0.25) is 19.7 Å². The van der Waals surface area contributed by atoms with Crippen LogP contribution in [0.5, 0.6) is 5.75 Å². The van der Waals surface area contributed by atoms with Crippen molar-refractivity contribution in [2.24, 2.45) is 5.41 Å². The van der Waals surface area contributed by atoms with Gasteiger partial charge in [-0.15, -0.1) is 0 Å². The van der Waals surface area contributed by atoms with E-state index in [4.69, 9.17) is 14.2 Å². The number of ether oxygens (including phenoxy) is 3. The van der Waals surface area contributed by atoms with E-state index >= 15 is 0 Å². The van der Waals surface area contributed by atoms with Crippen molar-refractivity contribution in [3.05, 3.63) is 24.3 Å². The predicted molar refractivity (Wildman–Crippen MR) is 114 cm³/mol. The van der Waals surface area contributed by atoms with Crippen LogP contribution in [0.4, 0.5) is 10.5 Å². The van der Waals surface area contributed by atoms with Crippen molar-refractivity contribution in [2.75, 3.05) is 45.3 Å². The van der Waals surface area contributed by atoms with Crippen molar-refractivity contribution < 1.29 is 33.4 Å². The lowest BCUT2D eigenvalue weighted by atomic mass is 9.82. The van der Waals surface area contributed by atoms with Crippen molar-refractivity contribution in [1.82, 2.24) is 10.2 Å². The highest BCUT2D eigenvalue weighted by Crippen LogP contribution is 2.42. The molecule has 2 aliphatic rings. The molecule has 1 aliphatic heterocycles. The average Bonchev–Trinajstić information content (AvgIpc) is 3.28. The molecule has 1 heterocycles. The molecular weight excluding hydrogens is 418 g/mol. The summed E-state index contributed by atoms with van der Waals surface area (Å²) in [5.41, 5.74) is -0.444. The summed E-state index contributed by atoms with van der Waals surface area (Å²) < 4.78 is 15.5. The topological polar surface area (TPSA) is 123 Å². The lowest BCUT2D eigenvalue weighted by Crippen LogP contribution is -2.45. The number of hydrogen-bond acceptors (Lipinski definition) is 7. The van der Waals surface area contributed by atoms with Crippen LogP contribution in [0.2, 0.25) is 0 Å². The van der Waals surface area contributed by atoms with Crippen molar-refractivity contribution in [3.63, 3.8) is 0 Å². The highest BCUT2D eigenvalue weighted by atomic mass is 16.5. The summed E-state index contributed by atoms with van der Waals surface area (Å²) in [6.07, 6.45) is 2.79. The van der Waals surface area contributed by atoms with Crippen LogP contribution in [0.1, 0.15) is 32.1 Å². The smallest absolute Gasteiger partial charge is 0.325 e. The molecule has 1 aliphatic carbocycles. The molecule has 32 heavy (non-hydrogen) atoms. The first-order valence-electron chi connectivity index (χ1n) is 10.7. The molecule has 3 rings (SSSR count). The van der Waals surface area contributed by atoms with E-state index in [-0.39, 0.29) is 12.3 Å². The Morgan fingerprint density at radius 2 is 1.72 bits per heavy atom. The summed E-state index contributed by atoms with van der Waals surface area (Å²) in [7, 11) is 1.53. The molecule has 4 amide bonds. The summed E-state index contributed by atoms with van der Waals surface area (Å²) in [5.74, 6) is -0.790. The van der Waals surface area contributed by atoms with Gasteiger partial charge in [-0.1, -0.05) is 12.8 Å². The van der Waals surface area contributed by atoms with Gasteiger partial charge in [0.25, 0.3) is 5.91 Å². The van der Waals surface area contributed by atoms with Crippen molar-refractivity contribution in [2.45, 2.75) is 32.1 Å². The average molecular weight is 447 g/mol. The Morgan fingerprint density at radius 1 is 1.06 bits per heavy atom. The fourth-order valence-electron chi connectivity index (χ4n) is 4.00. The Bertz CT molecular complexity index is 828. The second-order valence-corrected chi connectivity index (χ2v) is 7.96. The molecular formula is C22H29N3O7. The third kappa shape index (κ3) is 6.19. The molecule has 1 saturated carbocycles. The molecule has 2 fully saturated rings. The fourth-order valence-corrected chi connectivity index (χ4v) is 4.00. The minimum Gasteiger partial charge on any atom is -0.497 e. The minimum absolute atomic E-state index is 0.0609. The Balaban J connectivity index is 1.47. The Hall–Kier alpha value is -3.14. The van der Waals surface area contributed by atoms with Gasteiger partial charge >= 0.3 is 12.0 Å². The number of esters is 1. The SMILES string of the molecule is COc1ccc(NC(=O)NC(=O)COC(=O)C2(CC(=O)N3CCOCC3)CCCC2)cc1. The zero-order chi connectivity index (χ0) is 23.0. The van der Waals surface area contributed by atoms with Crippen LogP contribution in [0.3, 0.4) is 0 Å². The van der Waals surface area contributed by atoms with E-state index in [1.807, 2.05) is 0 Å². The molecule has 174 valence electrons. The number of anilines is 1. The highest BCUT2D eigenvalue weighted by molar-refractivity contribution is 6.02. The Morgan fingerprint density at radius 3 is 2.34 bits per heavy atom. The molecule has 0 spiro atoms. The largest absolute Gasteiger partial charge is 0.497 e. The molecule has 0 aromatic heterocycles. The molecule has 10 heteroatoms. The molecule has 1 saturated heterocycles. The zero-order valence-electron chi connectivity index (χ0n) is 18.2. The second kappa shape index (κ2) is 10.9. The maximum Gasteiger partial charge on any atom is 0.325 e. The normalized spacial score (nSPS) is 17.3.